The second kappa shape index (κ2) is 7.85. The molecule has 2 saturated heterocycles. The summed E-state index contributed by atoms with van der Waals surface area (Å²) >= 11 is 0. The summed E-state index contributed by atoms with van der Waals surface area (Å²) in [6.45, 7) is 4.31. The third kappa shape index (κ3) is 4.15. The van der Waals surface area contributed by atoms with Gasteiger partial charge in [-0.25, -0.2) is 13.2 Å². The van der Waals surface area contributed by atoms with Crippen LogP contribution in [0.15, 0.2) is 12.3 Å². The molecule has 10 nitrogen and oxygen atoms in total. The van der Waals surface area contributed by atoms with Gasteiger partial charge in [0, 0.05) is 31.6 Å². The van der Waals surface area contributed by atoms with Crippen LogP contribution in [0, 0.1) is 5.92 Å². The molecule has 2 aliphatic heterocycles. The molecule has 4 heterocycles. The molecule has 0 spiro atoms. The van der Waals surface area contributed by atoms with E-state index in [1.165, 1.54) is 13.4 Å². The van der Waals surface area contributed by atoms with Crippen LogP contribution in [0.2, 0.25) is 0 Å². The molecule has 2 aromatic heterocycles. The van der Waals surface area contributed by atoms with E-state index >= 15 is 0 Å². The van der Waals surface area contributed by atoms with Crippen molar-refractivity contribution in [1.29, 1.82) is 0 Å². The van der Waals surface area contributed by atoms with E-state index in [1.54, 1.807) is 24.9 Å². The van der Waals surface area contributed by atoms with Gasteiger partial charge in [-0.2, -0.15) is 9.97 Å². The molecule has 1 saturated carbocycles. The number of hydrogen-bond donors (Lipinski definition) is 3. The van der Waals surface area contributed by atoms with Crippen molar-refractivity contribution in [2.75, 3.05) is 37.1 Å². The third-order valence-electron chi connectivity index (χ3n) is 6.60. The standard InChI is InChI=1S/C20H30N6O4S/c1-20(2,31(4,28)29)11-22-17-13-7-8-21-16(13)24-18(25-17)23-14-9-12-5-6-15(14)26(10-12)19(27)30-3/h7-8,12,14-15H,5-6,9-11H2,1-4H3,(H3,21,22,23,24,25). The topological polar surface area (TPSA) is 129 Å². The van der Waals surface area contributed by atoms with E-state index in [0.717, 1.165) is 31.2 Å². The molecule has 1 amide bonds. The fraction of sp³-hybridized carbons (Fsp3) is 0.650. The fourth-order valence-electron chi connectivity index (χ4n) is 4.41. The number of nitrogens with one attached hydrogen (secondary N) is 3. The molecule has 31 heavy (non-hydrogen) atoms. The van der Waals surface area contributed by atoms with E-state index in [-0.39, 0.29) is 24.7 Å². The minimum absolute atomic E-state index is 0.0272. The Morgan fingerprint density at radius 1 is 1.35 bits per heavy atom. The largest absolute Gasteiger partial charge is 0.453 e. The zero-order valence-corrected chi connectivity index (χ0v) is 19.1. The molecule has 170 valence electrons. The number of rotatable bonds is 6. The van der Waals surface area contributed by atoms with E-state index in [0.29, 0.717) is 23.3 Å². The molecule has 3 atom stereocenters. The van der Waals surface area contributed by atoms with Gasteiger partial charge >= 0.3 is 6.09 Å². The summed E-state index contributed by atoms with van der Waals surface area (Å²) in [7, 11) is -1.84. The Bertz CT molecular complexity index is 1080. The first kappa shape index (κ1) is 21.7. The van der Waals surface area contributed by atoms with E-state index in [4.69, 9.17) is 4.74 Å². The van der Waals surface area contributed by atoms with Crippen molar-refractivity contribution in [3.8, 4) is 0 Å². The van der Waals surface area contributed by atoms with Crippen molar-refractivity contribution < 1.29 is 17.9 Å². The van der Waals surface area contributed by atoms with Gasteiger partial charge in [-0.3, -0.25) is 0 Å². The Hall–Kier alpha value is -2.56. The molecule has 0 aromatic carbocycles. The van der Waals surface area contributed by atoms with Gasteiger partial charge in [-0.15, -0.1) is 0 Å². The van der Waals surface area contributed by atoms with Crippen LogP contribution >= 0.6 is 0 Å². The van der Waals surface area contributed by atoms with E-state index in [9.17, 15) is 13.2 Å². The lowest BCUT2D eigenvalue weighted by molar-refractivity contribution is 0.0318. The quantitative estimate of drug-likeness (QED) is 0.611. The Balaban J connectivity index is 1.57. The van der Waals surface area contributed by atoms with E-state index in [2.05, 4.69) is 25.6 Å². The Morgan fingerprint density at radius 3 is 2.81 bits per heavy atom. The van der Waals surface area contributed by atoms with Crippen molar-refractivity contribution in [1.82, 2.24) is 19.9 Å². The Morgan fingerprint density at radius 2 is 2.13 bits per heavy atom. The van der Waals surface area contributed by atoms with Gasteiger partial charge in [-0.05, 0) is 45.1 Å². The maximum atomic E-state index is 12.2. The first-order valence-corrected chi connectivity index (χ1v) is 12.4. The third-order valence-corrected chi connectivity index (χ3v) is 8.75. The number of fused-ring (bicyclic) bond motifs is 4. The number of H-pyrrole nitrogens is 1. The molecule has 11 heteroatoms. The maximum Gasteiger partial charge on any atom is 0.409 e. The van der Waals surface area contributed by atoms with Crippen LogP contribution in [-0.4, -0.2) is 77.6 Å². The summed E-state index contributed by atoms with van der Waals surface area (Å²) in [5, 5.41) is 7.40. The average molecular weight is 451 g/mol. The number of nitrogens with zero attached hydrogens (tertiary/aromatic N) is 3. The Kier molecular flexibility index (Phi) is 5.48. The molecule has 3 fully saturated rings. The van der Waals surface area contributed by atoms with Crippen molar-refractivity contribution >= 4 is 38.7 Å². The van der Waals surface area contributed by atoms with Crippen LogP contribution in [0.4, 0.5) is 16.6 Å². The van der Waals surface area contributed by atoms with Gasteiger partial charge < -0.3 is 25.3 Å². The average Bonchev–Trinajstić information content (AvgIpc) is 3.19. The number of piperidine rings is 2. The van der Waals surface area contributed by atoms with Crippen LogP contribution in [0.1, 0.15) is 33.1 Å². The minimum atomic E-state index is -3.25. The predicted molar refractivity (Wildman–Crippen MR) is 119 cm³/mol. The molecule has 1 aliphatic carbocycles. The predicted octanol–water partition coefficient (Wildman–Crippen LogP) is 2.22. The molecular formula is C20H30N6O4S. The van der Waals surface area contributed by atoms with Crippen LogP contribution < -0.4 is 10.6 Å². The van der Waals surface area contributed by atoms with Gasteiger partial charge in [0.2, 0.25) is 5.95 Å². The van der Waals surface area contributed by atoms with Gasteiger partial charge in [0.25, 0.3) is 0 Å². The lowest BCUT2D eigenvalue weighted by Gasteiger charge is -2.49. The summed E-state index contributed by atoms with van der Waals surface area (Å²) in [5.74, 6) is 1.43. The van der Waals surface area contributed by atoms with Gasteiger partial charge in [0.1, 0.15) is 11.5 Å². The molecule has 5 rings (SSSR count). The second-order valence-corrected chi connectivity index (χ2v) is 11.8. The molecular weight excluding hydrogens is 420 g/mol. The summed E-state index contributed by atoms with van der Waals surface area (Å²) in [6, 6.07) is 1.91. The number of methoxy groups -OCH3 is 1. The Labute approximate surface area is 182 Å². The van der Waals surface area contributed by atoms with E-state index in [1.807, 2.05) is 6.07 Å². The number of anilines is 2. The normalized spacial score (nSPS) is 23.7. The molecule has 3 N–H and O–H groups in total. The summed E-state index contributed by atoms with van der Waals surface area (Å²) in [5.41, 5.74) is 0.656. The zero-order valence-electron chi connectivity index (χ0n) is 18.3. The van der Waals surface area contributed by atoms with Crippen molar-refractivity contribution in [3.05, 3.63) is 12.3 Å². The second-order valence-electron chi connectivity index (χ2n) is 9.14. The molecule has 2 aromatic rings. The highest BCUT2D eigenvalue weighted by Crippen LogP contribution is 2.37. The van der Waals surface area contributed by atoms with Gasteiger partial charge in [0.05, 0.1) is 23.3 Å². The first-order valence-electron chi connectivity index (χ1n) is 10.5. The number of carbonyl (C=O) groups excluding carboxylic acids is 1. The minimum Gasteiger partial charge on any atom is -0.453 e. The number of hydrogen-bond acceptors (Lipinski definition) is 8. The van der Waals surface area contributed by atoms with Crippen LogP contribution in [0.3, 0.4) is 0 Å². The van der Waals surface area contributed by atoms with Crippen molar-refractivity contribution in [3.63, 3.8) is 0 Å². The van der Waals surface area contributed by atoms with Crippen LogP contribution in [-0.2, 0) is 14.6 Å². The fourth-order valence-corrected chi connectivity index (χ4v) is 4.74. The summed E-state index contributed by atoms with van der Waals surface area (Å²) in [6.07, 6.45) is 5.66. The van der Waals surface area contributed by atoms with Crippen LogP contribution in [0.25, 0.3) is 11.0 Å². The molecule has 3 unspecified atom stereocenters. The number of amides is 1. The SMILES string of the molecule is COC(=O)N1CC2CCC1C(Nc1nc(NCC(C)(C)S(C)(=O)=O)c3cc[nH]c3n1)C2. The molecule has 3 aliphatic rings. The number of aromatic nitrogens is 3. The number of sulfone groups is 1. The monoisotopic (exact) mass is 450 g/mol. The number of carbonyl (C=O) groups is 1. The summed E-state index contributed by atoms with van der Waals surface area (Å²) < 4.78 is 28.2. The highest BCUT2D eigenvalue weighted by molar-refractivity contribution is 7.92. The number of ether oxygens (including phenoxy) is 1. The van der Waals surface area contributed by atoms with Crippen molar-refractivity contribution in [2.45, 2.75) is 49.9 Å². The lowest BCUT2D eigenvalue weighted by Crippen LogP contribution is -2.59. The molecule has 0 radical (unpaired) electrons. The van der Waals surface area contributed by atoms with E-state index < -0.39 is 14.6 Å². The van der Waals surface area contributed by atoms with Gasteiger partial charge in [0.15, 0.2) is 9.84 Å². The smallest absolute Gasteiger partial charge is 0.409 e. The summed E-state index contributed by atoms with van der Waals surface area (Å²) in [4.78, 5) is 26.3. The first-order chi connectivity index (χ1) is 14.6. The molecule has 2 bridgehead atoms. The van der Waals surface area contributed by atoms with Crippen molar-refractivity contribution in [2.24, 2.45) is 5.92 Å². The maximum absolute atomic E-state index is 12.2. The number of aromatic amines is 1. The lowest BCUT2D eigenvalue weighted by atomic mass is 9.77. The highest BCUT2D eigenvalue weighted by Gasteiger charge is 2.43. The zero-order chi connectivity index (χ0) is 22.4. The van der Waals surface area contributed by atoms with Crippen LogP contribution in [0.5, 0.6) is 0 Å². The van der Waals surface area contributed by atoms with Gasteiger partial charge in [-0.1, -0.05) is 0 Å². The highest BCUT2D eigenvalue weighted by atomic mass is 32.2.